The minimum absolute atomic E-state index is 0.00821. The molecule has 6 bridgehead atoms. The number of hydrogen-bond donors (Lipinski definition) is 1. The van der Waals surface area contributed by atoms with Crippen molar-refractivity contribution in [2.75, 3.05) is 0 Å². The van der Waals surface area contributed by atoms with Crippen LogP contribution in [-0.2, 0) is 34.4 Å². The molecule has 0 saturated carbocycles. The summed E-state index contributed by atoms with van der Waals surface area (Å²) in [5, 5.41) is 0.462. The summed E-state index contributed by atoms with van der Waals surface area (Å²) in [6.45, 7) is 0. The van der Waals surface area contributed by atoms with Crippen LogP contribution in [0.1, 0.15) is 92.2 Å². The lowest BCUT2D eigenvalue weighted by Crippen LogP contribution is -2.26. The van der Waals surface area contributed by atoms with Crippen LogP contribution in [0.3, 0.4) is 0 Å². The lowest BCUT2D eigenvalue weighted by Gasteiger charge is -2.30. The molecule has 9 nitrogen and oxygen atoms in total. The van der Waals surface area contributed by atoms with E-state index in [2.05, 4.69) is 12.1 Å². The Bertz CT molecular complexity index is 1870. The maximum atomic E-state index is 14.8. The van der Waals surface area contributed by atoms with E-state index < -0.39 is 20.2 Å². The summed E-state index contributed by atoms with van der Waals surface area (Å²) in [6.07, 6.45) is 8.89. The number of fused-ring (bicyclic) bond motifs is 7. The Kier molecular flexibility index (Phi) is 6.52. The van der Waals surface area contributed by atoms with Crippen molar-refractivity contribution in [1.29, 1.82) is 0 Å². The van der Waals surface area contributed by atoms with Gasteiger partial charge in [-0.25, -0.2) is 0 Å². The van der Waals surface area contributed by atoms with E-state index >= 15 is 0 Å². The molecule has 11 heteroatoms. The first-order valence-electron chi connectivity index (χ1n) is 16.2. The average Bonchev–Trinajstić information content (AvgIpc) is 3.88. The molecule has 3 aromatic rings. The lowest BCUT2D eigenvalue weighted by molar-refractivity contribution is 0.0996. The molecule has 0 aromatic heterocycles. The zero-order valence-corrected chi connectivity index (χ0v) is 26.3. The smallest absolute Gasteiger partial charge is 0.339 e. The zero-order chi connectivity index (χ0) is 30.7. The second-order valence-corrected chi connectivity index (χ2v) is 16.7. The van der Waals surface area contributed by atoms with Gasteiger partial charge in [-0.05, 0) is 86.6 Å². The minimum Gasteiger partial charge on any atom is -0.378 e. The van der Waals surface area contributed by atoms with E-state index in [0.717, 1.165) is 74.5 Å². The fourth-order valence-electron chi connectivity index (χ4n) is 9.37. The van der Waals surface area contributed by atoms with E-state index in [1.165, 1.54) is 18.2 Å². The monoisotopic (exact) mass is 652 g/mol. The topological polar surface area (TPSA) is 125 Å². The summed E-state index contributed by atoms with van der Waals surface area (Å²) < 4.78 is 88.5. The Morgan fingerprint density at radius 1 is 0.644 bits per heavy atom. The molecule has 1 N–H and O–H groups in total. The van der Waals surface area contributed by atoms with Gasteiger partial charge in [-0.3, -0.25) is 4.55 Å². The van der Waals surface area contributed by atoms with Crippen molar-refractivity contribution in [3.05, 3.63) is 65.2 Å². The summed E-state index contributed by atoms with van der Waals surface area (Å²) in [5.74, 6) is 0.0747. The summed E-state index contributed by atoms with van der Waals surface area (Å²) in [7, 11) is -8.98. The van der Waals surface area contributed by atoms with Gasteiger partial charge >= 0.3 is 10.1 Å². The van der Waals surface area contributed by atoms with Crippen molar-refractivity contribution in [1.82, 2.24) is 0 Å². The fourth-order valence-corrected chi connectivity index (χ4v) is 11.5. The molecule has 0 amide bonds. The highest BCUT2D eigenvalue weighted by atomic mass is 32.2. The molecule has 6 fully saturated rings. The highest BCUT2D eigenvalue weighted by Gasteiger charge is 2.49. The number of ether oxygens (including phenoxy) is 3. The molecule has 6 saturated heterocycles. The highest BCUT2D eigenvalue weighted by molar-refractivity contribution is 7.87. The first-order valence-corrected chi connectivity index (χ1v) is 19.0. The molecule has 238 valence electrons. The summed E-state index contributed by atoms with van der Waals surface area (Å²) in [5.41, 5.74) is 2.66. The van der Waals surface area contributed by atoms with Crippen LogP contribution >= 0.6 is 0 Å². The predicted octanol–water partition coefficient (Wildman–Crippen LogP) is 5.96. The molecular formula is C34H36O9S2. The van der Waals surface area contributed by atoms with E-state index in [4.69, 9.17) is 18.4 Å². The normalized spacial score (nSPS) is 35.2. The molecule has 6 aliphatic heterocycles. The summed E-state index contributed by atoms with van der Waals surface area (Å²) >= 11 is 0. The van der Waals surface area contributed by atoms with Crippen molar-refractivity contribution in [2.45, 2.75) is 122 Å². The quantitative estimate of drug-likeness (QED) is 0.243. The molecule has 0 spiro atoms. The van der Waals surface area contributed by atoms with Gasteiger partial charge in [0.2, 0.25) is 0 Å². The standard InChI is InChI=1S/C34H36O9S2/c35-44(36,37)33-12-11-32(22-3-1-2-4-23(22)33)43-45(38,39)34-27(25-16-20-6-9-30(25)41-20)13-18(24-15-19-5-8-29(24)40-19)14-28(34)26-17-21-7-10-31(26)42-21/h1-4,11-14,19-21,24-26,29-31H,5-10,15-17H2,(H,35,36,37). The Morgan fingerprint density at radius 3 is 1.62 bits per heavy atom. The van der Waals surface area contributed by atoms with Gasteiger partial charge in [0.05, 0.1) is 36.6 Å². The van der Waals surface area contributed by atoms with Gasteiger partial charge in [-0.1, -0.05) is 36.4 Å². The molecule has 9 unspecified atom stereocenters. The van der Waals surface area contributed by atoms with E-state index in [1.807, 2.05) is 0 Å². The van der Waals surface area contributed by atoms with Crippen LogP contribution in [0, 0.1) is 0 Å². The summed E-state index contributed by atoms with van der Waals surface area (Å²) in [6, 6.07) is 13.2. The van der Waals surface area contributed by atoms with Crippen molar-refractivity contribution in [2.24, 2.45) is 0 Å². The Morgan fingerprint density at radius 2 is 1.16 bits per heavy atom. The maximum Gasteiger partial charge on any atom is 0.339 e. The van der Waals surface area contributed by atoms with E-state index in [1.54, 1.807) is 18.2 Å². The molecule has 3 aromatic carbocycles. The maximum absolute atomic E-state index is 14.8. The third kappa shape index (κ3) is 4.68. The van der Waals surface area contributed by atoms with Crippen molar-refractivity contribution in [3.8, 4) is 5.75 Å². The molecule has 0 radical (unpaired) electrons. The molecule has 9 rings (SSSR count). The zero-order valence-electron chi connectivity index (χ0n) is 24.7. The number of hydrogen-bond acceptors (Lipinski definition) is 8. The second kappa shape index (κ2) is 10.2. The first-order chi connectivity index (χ1) is 21.6. The lowest BCUT2D eigenvalue weighted by atomic mass is 9.76. The van der Waals surface area contributed by atoms with Gasteiger partial charge in [0.25, 0.3) is 10.1 Å². The third-order valence-electron chi connectivity index (χ3n) is 11.3. The van der Waals surface area contributed by atoms with Crippen LogP contribution in [0.25, 0.3) is 10.8 Å². The first kappa shape index (κ1) is 28.7. The highest BCUT2D eigenvalue weighted by Crippen LogP contribution is 2.53. The minimum atomic E-state index is -4.55. The predicted molar refractivity (Wildman–Crippen MR) is 164 cm³/mol. The molecule has 6 aliphatic rings. The fraction of sp³-hybridized carbons (Fsp3) is 0.529. The van der Waals surface area contributed by atoms with E-state index in [9.17, 15) is 21.4 Å². The third-order valence-corrected chi connectivity index (χ3v) is 13.6. The molecule has 6 heterocycles. The molecular weight excluding hydrogens is 616 g/mol. The Hall–Kier alpha value is -2.54. The summed E-state index contributed by atoms with van der Waals surface area (Å²) in [4.78, 5) is -0.0968. The van der Waals surface area contributed by atoms with Crippen LogP contribution in [0.4, 0.5) is 0 Å². The van der Waals surface area contributed by atoms with Crippen LogP contribution in [0.2, 0.25) is 0 Å². The van der Waals surface area contributed by atoms with Crippen LogP contribution in [0.15, 0.2) is 58.3 Å². The van der Waals surface area contributed by atoms with Gasteiger partial charge in [0.1, 0.15) is 9.79 Å². The van der Waals surface area contributed by atoms with Crippen LogP contribution in [0.5, 0.6) is 5.75 Å². The second-order valence-electron chi connectivity index (χ2n) is 13.8. The van der Waals surface area contributed by atoms with Gasteiger partial charge in [-0.15, -0.1) is 0 Å². The van der Waals surface area contributed by atoms with Gasteiger partial charge in [0, 0.05) is 28.5 Å². The number of rotatable bonds is 7. The van der Waals surface area contributed by atoms with E-state index in [-0.39, 0.29) is 80.7 Å². The van der Waals surface area contributed by atoms with Crippen LogP contribution in [-0.4, -0.2) is 58.0 Å². The van der Waals surface area contributed by atoms with Crippen molar-refractivity contribution in [3.63, 3.8) is 0 Å². The van der Waals surface area contributed by atoms with Crippen molar-refractivity contribution >= 4 is 31.0 Å². The van der Waals surface area contributed by atoms with Gasteiger partial charge in [0.15, 0.2) is 5.75 Å². The van der Waals surface area contributed by atoms with Gasteiger partial charge in [-0.2, -0.15) is 16.8 Å². The van der Waals surface area contributed by atoms with Crippen LogP contribution < -0.4 is 4.18 Å². The van der Waals surface area contributed by atoms with Crippen molar-refractivity contribution < 1.29 is 39.8 Å². The molecule has 9 atom stereocenters. The molecule has 0 aliphatic carbocycles. The molecule has 45 heavy (non-hydrogen) atoms. The average molecular weight is 653 g/mol. The largest absolute Gasteiger partial charge is 0.378 e. The van der Waals surface area contributed by atoms with Gasteiger partial charge < -0.3 is 18.4 Å². The Balaban J connectivity index is 1.22. The Labute approximate surface area is 263 Å². The number of benzene rings is 3. The van der Waals surface area contributed by atoms with E-state index in [0.29, 0.717) is 0 Å². The SMILES string of the molecule is O=S(=O)(O)c1ccc(OS(=O)(=O)c2c(C3CC4CCC3O4)cc(C3CC4CCC3O4)cc2C2CC3CCC2O3)c2ccccc12.